The fourth-order valence-corrected chi connectivity index (χ4v) is 2.20. The molecule has 4 nitrogen and oxygen atoms in total. The number of aliphatic hydroxyl groups is 1. The molecule has 0 spiro atoms. The van der Waals surface area contributed by atoms with Crippen LogP contribution in [0.2, 0.25) is 0 Å². The second-order valence-corrected chi connectivity index (χ2v) is 5.03. The van der Waals surface area contributed by atoms with Gasteiger partial charge in [0.15, 0.2) is 0 Å². The maximum Gasteiger partial charge on any atom is 0.118 e. The molecule has 0 aliphatic carbocycles. The van der Waals surface area contributed by atoms with Gasteiger partial charge in [0.25, 0.3) is 0 Å². The molecule has 1 aromatic carbocycles. The standard InChI is InChI=1S/C16H22N2O2/c1-18-12-11-17-16(18)10-7-14(19)6-3-13-4-8-15(20-2)9-5-13/h4-5,8-9,11-12,14,19H,3,6-7,10H2,1-2H3. The number of rotatable bonds is 7. The first-order chi connectivity index (χ1) is 9.69. The van der Waals surface area contributed by atoms with Crippen LogP contribution in [0.15, 0.2) is 36.7 Å². The van der Waals surface area contributed by atoms with Crippen molar-refractivity contribution in [3.63, 3.8) is 0 Å². The number of hydrogen-bond donors (Lipinski definition) is 1. The molecule has 1 atom stereocenters. The Morgan fingerprint density at radius 3 is 2.50 bits per heavy atom. The molecule has 0 saturated carbocycles. The van der Waals surface area contributed by atoms with Crippen molar-refractivity contribution in [3.05, 3.63) is 48.0 Å². The third kappa shape index (κ3) is 4.10. The molecule has 1 heterocycles. The highest BCUT2D eigenvalue weighted by atomic mass is 16.5. The van der Waals surface area contributed by atoms with Crippen molar-refractivity contribution >= 4 is 0 Å². The van der Waals surface area contributed by atoms with Crippen LogP contribution in [0.3, 0.4) is 0 Å². The fraction of sp³-hybridized carbons (Fsp3) is 0.438. The minimum absolute atomic E-state index is 0.284. The van der Waals surface area contributed by atoms with Gasteiger partial charge in [0.1, 0.15) is 11.6 Å². The zero-order chi connectivity index (χ0) is 14.4. The molecule has 4 heteroatoms. The largest absolute Gasteiger partial charge is 0.497 e. The minimum atomic E-state index is -0.284. The van der Waals surface area contributed by atoms with E-state index in [9.17, 15) is 5.11 Å². The van der Waals surface area contributed by atoms with Gasteiger partial charge in [-0.3, -0.25) is 0 Å². The molecule has 2 rings (SSSR count). The zero-order valence-corrected chi connectivity index (χ0v) is 12.1. The van der Waals surface area contributed by atoms with Gasteiger partial charge in [0, 0.05) is 25.9 Å². The molecule has 0 radical (unpaired) electrons. The maximum absolute atomic E-state index is 10.0. The third-order valence-corrected chi connectivity index (χ3v) is 3.55. The van der Waals surface area contributed by atoms with E-state index in [2.05, 4.69) is 4.98 Å². The van der Waals surface area contributed by atoms with Gasteiger partial charge in [0.05, 0.1) is 13.2 Å². The van der Waals surface area contributed by atoms with E-state index in [1.165, 1.54) is 5.56 Å². The van der Waals surface area contributed by atoms with Crippen molar-refractivity contribution in [1.82, 2.24) is 9.55 Å². The minimum Gasteiger partial charge on any atom is -0.497 e. The molecule has 0 fully saturated rings. The molecule has 0 aliphatic heterocycles. The van der Waals surface area contributed by atoms with Crippen LogP contribution in [0.25, 0.3) is 0 Å². The molecule has 0 saturated heterocycles. The van der Waals surface area contributed by atoms with E-state index in [1.54, 1.807) is 13.3 Å². The van der Waals surface area contributed by atoms with E-state index in [0.717, 1.165) is 37.3 Å². The SMILES string of the molecule is COc1ccc(CCC(O)CCc2nccn2C)cc1. The van der Waals surface area contributed by atoms with Crippen LogP contribution >= 0.6 is 0 Å². The number of aromatic nitrogens is 2. The monoisotopic (exact) mass is 274 g/mol. The predicted octanol–water partition coefficient (Wildman–Crippen LogP) is 2.36. The Labute approximate surface area is 120 Å². The van der Waals surface area contributed by atoms with Crippen LogP contribution in [-0.4, -0.2) is 27.9 Å². The van der Waals surface area contributed by atoms with Gasteiger partial charge < -0.3 is 14.4 Å². The third-order valence-electron chi connectivity index (χ3n) is 3.55. The van der Waals surface area contributed by atoms with Crippen LogP contribution in [-0.2, 0) is 19.9 Å². The summed E-state index contributed by atoms with van der Waals surface area (Å²) in [5, 5.41) is 10.0. The first kappa shape index (κ1) is 14.6. The lowest BCUT2D eigenvalue weighted by atomic mass is 10.0. The molecule has 2 aromatic rings. The van der Waals surface area contributed by atoms with E-state index in [-0.39, 0.29) is 6.10 Å². The van der Waals surface area contributed by atoms with Crippen molar-refractivity contribution in [2.75, 3.05) is 7.11 Å². The topological polar surface area (TPSA) is 47.3 Å². The number of imidazole rings is 1. The average Bonchev–Trinajstić information content (AvgIpc) is 2.89. The number of benzene rings is 1. The molecule has 1 aromatic heterocycles. The average molecular weight is 274 g/mol. The Kier molecular flexibility index (Phi) is 5.18. The lowest BCUT2D eigenvalue weighted by Crippen LogP contribution is -2.11. The van der Waals surface area contributed by atoms with Crippen LogP contribution < -0.4 is 4.74 Å². The summed E-state index contributed by atoms with van der Waals surface area (Å²) in [5.74, 6) is 1.89. The summed E-state index contributed by atoms with van der Waals surface area (Å²) in [5.41, 5.74) is 1.22. The Morgan fingerprint density at radius 2 is 1.90 bits per heavy atom. The quantitative estimate of drug-likeness (QED) is 0.843. The fourth-order valence-electron chi connectivity index (χ4n) is 2.20. The number of methoxy groups -OCH3 is 1. The molecule has 20 heavy (non-hydrogen) atoms. The van der Waals surface area contributed by atoms with E-state index >= 15 is 0 Å². The molecule has 0 aliphatic rings. The van der Waals surface area contributed by atoms with Crippen molar-refractivity contribution in [2.45, 2.75) is 31.8 Å². The van der Waals surface area contributed by atoms with E-state index in [4.69, 9.17) is 4.74 Å². The number of hydrogen-bond acceptors (Lipinski definition) is 3. The number of aryl methyl sites for hydroxylation is 3. The van der Waals surface area contributed by atoms with Gasteiger partial charge in [-0.25, -0.2) is 4.98 Å². The Morgan fingerprint density at radius 1 is 1.20 bits per heavy atom. The van der Waals surface area contributed by atoms with Crippen molar-refractivity contribution in [1.29, 1.82) is 0 Å². The molecule has 1 N–H and O–H groups in total. The van der Waals surface area contributed by atoms with Crippen LogP contribution in [0, 0.1) is 0 Å². The van der Waals surface area contributed by atoms with Gasteiger partial charge in [-0.15, -0.1) is 0 Å². The summed E-state index contributed by atoms with van der Waals surface area (Å²) < 4.78 is 7.12. The second kappa shape index (κ2) is 7.10. The van der Waals surface area contributed by atoms with Crippen molar-refractivity contribution < 1.29 is 9.84 Å². The Hall–Kier alpha value is -1.81. The highest BCUT2D eigenvalue weighted by Gasteiger charge is 2.07. The maximum atomic E-state index is 10.0. The molecular formula is C16H22N2O2. The summed E-state index contributed by atoms with van der Waals surface area (Å²) in [6.07, 6.45) is 6.66. The van der Waals surface area contributed by atoms with Gasteiger partial charge in [-0.2, -0.15) is 0 Å². The predicted molar refractivity (Wildman–Crippen MR) is 78.9 cm³/mol. The van der Waals surface area contributed by atoms with E-state index in [0.29, 0.717) is 0 Å². The van der Waals surface area contributed by atoms with Gasteiger partial charge >= 0.3 is 0 Å². The molecule has 0 bridgehead atoms. The van der Waals surface area contributed by atoms with Crippen LogP contribution in [0.5, 0.6) is 5.75 Å². The summed E-state index contributed by atoms with van der Waals surface area (Å²) in [6, 6.07) is 8.00. The Balaban J connectivity index is 1.74. The van der Waals surface area contributed by atoms with Crippen molar-refractivity contribution in [3.8, 4) is 5.75 Å². The molecule has 108 valence electrons. The van der Waals surface area contributed by atoms with Gasteiger partial charge in [0.2, 0.25) is 0 Å². The first-order valence-electron chi connectivity index (χ1n) is 6.96. The first-order valence-corrected chi connectivity index (χ1v) is 6.96. The highest BCUT2D eigenvalue weighted by molar-refractivity contribution is 5.27. The van der Waals surface area contributed by atoms with E-state index < -0.39 is 0 Å². The summed E-state index contributed by atoms with van der Waals surface area (Å²) in [7, 11) is 3.64. The lowest BCUT2D eigenvalue weighted by Gasteiger charge is -2.10. The smallest absolute Gasteiger partial charge is 0.118 e. The van der Waals surface area contributed by atoms with Crippen LogP contribution in [0.4, 0.5) is 0 Å². The number of ether oxygens (including phenoxy) is 1. The lowest BCUT2D eigenvalue weighted by molar-refractivity contribution is 0.154. The summed E-state index contributed by atoms with van der Waals surface area (Å²) >= 11 is 0. The molecule has 1 unspecified atom stereocenters. The van der Waals surface area contributed by atoms with Crippen LogP contribution in [0.1, 0.15) is 24.2 Å². The molecule has 0 amide bonds. The normalized spacial score (nSPS) is 12.3. The van der Waals surface area contributed by atoms with Gasteiger partial charge in [-0.05, 0) is 37.0 Å². The number of aliphatic hydroxyl groups excluding tert-OH is 1. The second-order valence-electron chi connectivity index (χ2n) is 5.03. The Bertz CT molecular complexity index is 520. The number of nitrogens with zero attached hydrogens (tertiary/aromatic N) is 2. The van der Waals surface area contributed by atoms with E-state index in [1.807, 2.05) is 42.1 Å². The zero-order valence-electron chi connectivity index (χ0n) is 12.1. The summed E-state index contributed by atoms with van der Waals surface area (Å²) in [6.45, 7) is 0. The molecular weight excluding hydrogens is 252 g/mol. The van der Waals surface area contributed by atoms with Crippen molar-refractivity contribution in [2.24, 2.45) is 7.05 Å². The summed E-state index contributed by atoms with van der Waals surface area (Å²) in [4.78, 5) is 4.26. The highest BCUT2D eigenvalue weighted by Crippen LogP contribution is 2.14. The van der Waals surface area contributed by atoms with Gasteiger partial charge in [-0.1, -0.05) is 12.1 Å².